The Morgan fingerprint density at radius 1 is 1.00 bits per heavy atom. The summed E-state index contributed by atoms with van der Waals surface area (Å²) in [5.74, 6) is 0. The van der Waals surface area contributed by atoms with Crippen LogP contribution < -0.4 is 0 Å². The van der Waals surface area contributed by atoms with Crippen molar-refractivity contribution in [3.8, 4) is 0 Å². The van der Waals surface area contributed by atoms with Crippen molar-refractivity contribution in [1.29, 1.82) is 0 Å². The predicted molar refractivity (Wildman–Crippen MR) is 10.1 cm³/mol. The minimum atomic E-state index is -4.39. The monoisotopic (exact) mass is 180 g/mol. The van der Waals surface area contributed by atoms with Crippen molar-refractivity contribution >= 4 is 0 Å². The summed E-state index contributed by atoms with van der Waals surface area (Å²) >= 11 is -4.39. The molecule has 0 rings (SSSR count). The molecular formula is CH4AgF3. The van der Waals surface area contributed by atoms with Crippen molar-refractivity contribution in [2.45, 2.75) is 7.43 Å². The Kier molecular flexibility index (Phi) is 8.25. The minimum absolute atomic E-state index is 0. The van der Waals surface area contributed by atoms with Crippen molar-refractivity contribution in [3.05, 3.63) is 0 Å². The van der Waals surface area contributed by atoms with Gasteiger partial charge in [-0.2, -0.15) is 0 Å². The Bertz CT molecular complexity index is 11.6. The summed E-state index contributed by atoms with van der Waals surface area (Å²) in [4.78, 5) is 0. The molecule has 0 atom stereocenters. The van der Waals surface area contributed by atoms with Gasteiger partial charge < -0.3 is 0 Å². The van der Waals surface area contributed by atoms with E-state index in [2.05, 4.69) is 0 Å². The van der Waals surface area contributed by atoms with Crippen LogP contribution in [-0.2, 0) is 20.1 Å². The number of hydrogen-bond donors (Lipinski definition) is 0. The van der Waals surface area contributed by atoms with Gasteiger partial charge in [0.25, 0.3) is 0 Å². The van der Waals surface area contributed by atoms with Crippen LogP contribution in [0.4, 0.5) is 9.07 Å². The molecule has 0 nitrogen and oxygen atoms in total. The van der Waals surface area contributed by atoms with E-state index in [0.29, 0.717) is 0 Å². The van der Waals surface area contributed by atoms with Crippen LogP contribution in [0, 0.1) is 0 Å². The van der Waals surface area contributed by atoms with Gasteiger partial charge in [-0.05, 0) is 0 Å². The fraction of sp³-hybridized carbons (Fsp3) is 1.00. The van der Waals surface area contributed by atoms with Crippen LogP contribution >= 0.6 is 0 Å². The van der Waals surface area contributed by atoms with Gasteiger partial charge in [-0.1, -0.05) is 7.43 Å². The summed E-state index contributed by atoms with van der Waals surface area (Å²) in [7, 11) is 0. The number of rotatable bonds is 0. The summed E-state index contributed by atoms with van der Waals surface area (Å²) in [6, 6.07) is 0. The van der Waals surface area contributed by atoms with Gasteiger partial charge in [-0.15, -0.1) is 0 Å². The van der Waals surface area contributed by atoms with E-state index in [0.717, 1.165) is 0 Å². The van der Waals surface area contributed by atoms with Crippen LogP contribution in [0.25, 0.3) is 0 Å². The molecule has 0 amide bonds. The van der Waals surface area contributed by atoms with E-state index in [4.69, 9.17) is 0 Å². The van der Waals surface area contributed by atoms with Gasteiger partial charge in [-0.3, -0.25) is 0 Å². The molecule has 0 aliphatic heterocycles. The van der Waals surface area contributed by atoms with Crippen molar-refractivity contribution in [1.82, 2.24) is 0 Å². The molecule has 4 heteroatoms. The summed E-state index contributed by atoms with van der Waals surface area (Å²) in [6.07, 6.45) is 0. The molecule has 0 aromatic rings. The third kappa shape index (κ3) is 103. The molecule has 0 spiro atoms. The van der Waals surface area contributed by atoms with Gasteiger partial charge in [0.2, 0.25) is 0 Å². The van der Waals surface area contributed by atoms with Gasteiger partial charge in [0.1, 0.15) is 0 Å². The van der Waals surface area contributed by atoms with Crippen molar-refractivity contribution < 1.29 is 29.2 Å². The molecule has 0 aliphatic rings. The Balaban J connectivity index is 0. The first-order chi connectivity index (χ1) is 1.73. The third-order valence-corrected chi connectivity index (χ3v) is 0. The van der Waals surface area contributed by atoms with E-state index < -0.39 is 20.1 Å². The molecule has 0 aromatic heterocycles. The molecule has 0 N–H and O–H groups in total. The zero-order valence-corrected chi connectivity index (χ0v) is 2.92. The molecule has 0 saturated heterocycles. The van der Waals surface area contributed by atoms with Crippen LogP contribution in [-0.4, -0.2) is 0 Å². The maximum atomic E-state index is 9.77. The van der Waals surface area contributed by atoms with Crippen LogP contribution in [0.1, 0.15) is 7.43 Å². The topological polar surface area (TPSA) is 0 Å². The van der Waals surface area contributed by atoms with Gasteiger partial charge in [-0.25, -0.2) is 0 Å². The number of halogens is 3. The fourth-order valence-electron chi connectivity index (χ4n) is 0. The molecule has 0 saturated carbocycles. The normalized spacial score (nSPS) is 9.00. The van der Waals surface area contributed by atoms with E-state index in [-0.39, 0.29) is 7.43 Å². The molecule has 0 aromatic carbocycles. The average Bonchev–Trinajstić information content (AvgIpc) is 0.811. The summed E-state index contributed by atoms with van der Waals surface area (Å²) in [5.41, 5.74) is 0. The van der Waals surface area contributed by atoms with Gasteiger partial charge in [0.05, 0.1) is 0 Å². The van der Waals surface area contributed by atoms with Crippen LogP contribution in [0.2, 0.25) is 0 Å². The first-order valence-electron chi connectivity index (χ1n) is 0.342. The predicted octanol–water partition coefficient (Wildman–Crippen LogP) is 1.89. The van der Waals surface area contributed by atoms with Gasteiger partial charge in [0.15, 0.2) is 0 Å². The fourth-order valence-corrected chi connectivity index (χ4v) is 0. The van der Waals surface area contributed by atoms with Crippen molar-refractivity contribution in [3.63, 3.8) is 0 Å². The SMILES string of the molecule is C.[F][Ag]([F])[F]. The van der Waals surface area contributed by atoms with Crippen molar-refractivity contribution in [2.75, 3.05) is 0 Å². The van der Waals surface area contributed by atoms with Crippen LogP contribution in [0.3, 0.4) is 0 Å². The summed E-state index contributed by atoms with van der Waals surface area (Å²) in [6.45, 7) is 0. The molecule has 40 valence electrons. The zero-order chi connectivity index (χ0) is 3.58. The Labute approximate surface area is 37.2 Å². The number of hydrogen-bond acceptors (Lipinski definition) is 0. The molecule has 0 heterocycles. The Hall–Kier alpha value is 0.530. The van der Waals surface area contributed by atoms with Gasteiger partial charge >= 0.3 is 29.2 Å². The standard InChI is InChI=1S/CH4.Ag.3FH/h1H4;;3*1H/q;+3;;;/p-3. The second-order valence-electron chi connectivity index (χ2n) is 0.129. The van der Waals surface area contributed by atoms with E-state index in [1.165, 1.54) is 0 Å². The Morgan fingerprint density at radius 2 is 1.00 bits per heavy atom. The molecular weight excluding hydrogens is 177 g/mol. The van der Waals surface area contributed by atoms with E-state index >= 15 is 0 Å². The second kappa shape index (κ2) is 4.53. The zero-order valence-electron chi connectivity index (χ0n) is 1.44. The molecule has 0 aliphatic carbocycles. The maximum absolute atomic E-state index is 9.77. The summed E-state index contributed by atoms with van der Waals surface area (Å²) < 4.78 is 29.3. The third-order valence-electron chi connectivity index (χ3n) is 0. The van der Waals surface area contributed by atoms with Crippen molar-refractivity contribution in [2.24, 2.45) is 0 Å². The Morgan fingerprint density at radius 3 is 1.00 bits per heavy atom. The average molecular weight is 181 g/mol. The quantitative estimate of drug-likeness (QED) is 0.500. The molecule has 0 unspecified atom stereocenters. The summed E-state index contributed by atoms with van der Waals surface area (Å²) in [5, 5.41) is 0. The first-order valence-corrected chi connectivity index (χ1v) is 2.02. The van der Waals surface area contributed by atoms with E-state index in [1.807, 2.05) is 0 Å². The van der Waals surface area contributed by atoms with Crippen LogP contribution in [0.5, 0.6) is 0 Å². The first kappa shape index (κ1) is 9.11. The van der Waals surface area contributed by atoms with E-state index in [9.17, 15) is 9.07 Å². The second-order valence-corrected chi connectivity index (χ2v) is 0.764. The van der Waals surface area contributed by atoms with E-state index in [1.54, 1.807) is 0 Å². The molecule has 0 radical (unpaired) electrons. The molecule has 5 heavy (non-hydrogen) atoms. The molecule has 0 bridgehead atoms. The van der Waals surface area contributed by atoms with Crippen LogP contribution in [0.15, 0.2) is 0 Å². The molecule has 0 fully saturated rings. The van der Waals surface area contributed by atoms with Gasteiger partial charge in [0, 0.05) is 0 Å².